The Morgan fingerprint density at radius 1 is 0.705 bits per heavy atom. The number of hydrogen-bond acceptors (Lipinski definition) is 8. The third kappa shape index (κ3) is 15.7. The average molecular weight is 848 g/mol. The van der Waals surface area contributed by atoms with E-state index >= 15 is 0 Å². The Morgan fingerprint density at radius 3 is 1.70 bits per heavy atom. The molecular formula is C45H65N7O9. The van der Waals surface area contributed by atoms with E-state index in [0.29, 0.717) is 51.1 Å². The molecule has 2 fully saturated rings. The summed E-state index contributed by atoms with van der Waals surface area (Å²) in [4.78, 5) is 96.2. The summed E-state index contributed by atoms with van der Waals surface area (Å²) in [6, 6.07) is 13.5. The predicted octanol–water partition coefficient (Wildman–Crippen LogP) is 3.77. The lowest BCUT2D eigenvalue weighted by atomic mass is 9.86. The van der Waals surface area contributed by atoms with E-state index in [1.165, 1.54) is 0 Å². The van der Waals surface area contributed by atoms with E-state index in [9.17, 15) is 38.7 Å². The van der Waals surface area contributed by atoms with Gasteiger partial charge >= 0.3 is 12.2 Å². The van der Waals surface area contributed by atoms with E-state index in [1.54, 1.807) is 87.2 Å². The first-order chi connectivity index (χ1) is 28.8. The lowest BCUT2D eigenvalue weighted by molar-refractivity contribution is -0.137. The summed E-state index contributed by atoms with van der Waals surface area (Å²) in [5, 5.41) is 23.1. The molecule has 334 valence electrons. The molecule has 5 atom stereocenters. The van der Waals surface area contributed by atoms with Crippen molar-refractivity contribution in [2.45, 2.75) is 123 Å². The zero-order valence-electron chi connectivity index (χ0n) is 36.5. The second-order valence-electron chi connectivity index (χ2n) is 17.8. The molecule has 16 heteroatoms. The molecule has 0 aromatic heterocycles. The summed E-state index contributed by atoms with van der Waals surface area (Å²) in [7, 11) is 0. The van der Waals surface area contributed by atoms with Crippen LogP contribution in [-0.2, 0) is 41.6 Å². The number of carbonyl (C=O) groups is 7. The monoisotopic (exact) mass is 847 g/mol. The number of unbranched alkanes of at least 4 members (excludes halogenated alkanes) is 1. The molecule has 2 saturated heterocycles. The number of carboxylic acid groups (broad SMARTS) is 1. The van der Waals surface area contributed by atoms with Crippen molar-refractivity contribution in [1.82, 2.24) is 36.4 Å². The fourth-order valence-corrected chi connectivity index (χ4v) is 7.90. The van der Waals surface area contributed by atoms with Crippen LogP contribution >= 0.6 is 0 Å². The van der Waals surface area contributed by atoms with Crippen LogP contribution in [0.1, 0.15) is 91.2 Å². The van der Waals surface area contributed by atoms with Crippen LogP contribution in [0.15, 0.2) is 60.7 Å². The van der Waals surface area contributed by atoms with Crippen LogP contribution < -0.4 is 26.6 Å². The molecule has 2 aliphatic heterocycles. The maximum absolute atomic E-state index is 14.3. The number of carbonyl (C=O) groups excluding carboxylic acids is 6. The SMILES string of the molecule is CC(=O)N1CCC2(CCN(C(=O)C(CCCCNC(=O)OC(C)(C)C)NC(=O)C(CC(C)C)NC(=O)C(Cc3ccccc3)NC(=O)C(Cc3ccccc3)NC(=O)O)C2)C1. The average Bonchev–Trinajstić information content (AvgIpc) is 3.82. The molecule has 2 aromatic rings. The maximum atomic E-state index is 14.3. The van der Waals surface area contributed by atoms with Gasteiger partial charge in [0.05, 0.1) is 0 Å². The van der Waals surface area contributed by atoms with Gasteiger partial charge in [0.1, 0.15) is 29.8 Å². The van der Waals surface area contributed by atoms with Crippen LogP contribution in [0.5, 0.6) is 0 Å². The Balaban J connectivity index is 1.52. The summed E-state index contributed by atoms with van der Waals surface area (Å²) < 4.78 is 5.33. The molecule has 0 aliphatic carbocycles. The van der Waals surface area contributed by atoms with E-state index < -0.39 is 59.7 Å². The zero-order chi connectivity index (χ0) is 44.7. The molecule has 1 spiro atoms. The summed E-state index contributed by atoms with van der Waals surface area (Å²) in [5.41, 5.74) is 0.571. The lowest BCUT2D eigenvalue weighted by Gasteiger charge is -2.29. The molecule has 2 aliphatic rings. The molecule has 61 heavy (non-hydrogen) atoms. The van der Waals surface area contributed by atoms with Crippen molar-refractivity contribution in [2.75, 3.05) is 32.7 Å². The van der Waals surface area contributed by atoms with Crippen molar-refractivity contribution in [2.24, 2.45) is 11.3 Å². The largest absolute Gasteiger partial charge is 0.465 e. The Bertz CT molecular complexity index is 1820. The highest BCUT2D eigenvalue weighted by Crippen LogP contribution is 2.39. The Labute approximate surface area is 359 Å². The number of hydrogen-bond donors (Lipinski definition) is 6. The highest BCUT2D eigenvalue weighted by atomic mass is 16.6. The second-order valence-corrected chi connectivity index (χ2v) is 17.8. The van der Waals surface area contributed by atoms with Crippen LogP contribution in [0.3, 0.4) is 0 Å². The van der Waals surface area contributed by atoms with Crippen LogP contribution in [-0.4, -0.2) is 119 Å². The fraction of sp³-hybridized carbons (Fsp3) is 0.578. The molecule has 0 saturated carbocycles. The molecule has 0 radical (unpaired) electrons. The van der Waals surface area contributed by atoms with Crippen LogP contribution in [0.2, 0.25) is 0 Å². The topological polar surface area (TPSA) is 216 Å². The number of ether oxygens (including phenoxy) is 1. The van der Waals surface area contributed by atoms with Crippen molar-refractivity contribution < 1.29 is 43.4 Å². The van der Waals surface area contributed by atoms with E-state index in [0.717, 1.165) is 18.4 Å². The van der Waals surface area contributed by atoms with Crippen molar-refractivity contribution in [3.05, 3.63) is 71.8 Å². The molecule has 16 nitrogen and oxygen atoms in total. The third-order valence-electron chi connectivity index (χ3n) is 11.0. The number of nitrogens with zero attached hydrogens (tertiary/aromatic N) is 2. The molecule has 5 unspecified atom stereocenters. The number of amides is 7. The summed E-state index contributed by atoms with van der Waals surface area (Å²) >= 11 is 0. The van der Waals surface area contributed by atoms with Gasteiger partial charge in [-0.05, 0) is 76.3 Å². The summed E-state index contributed by atoms with van der Waals surface area (Å²) in [6.45, 7) is 13.1. The van der Waals surface area contributed by atoms with Gasteiger partial charge in [-0.2, -0.15) is 0 Å². The van der Waals surface area contributed by atoms with Gasteiger partial charge in [0.15, 0.2) is 0 Å². The normalized spacial score (nSPS) is 18.1. The number of nitrogens with one attached hydrogen (secondary N) is 5. The fourth-order valence-electron chi connectivity index (χ4n) is 7.90. The third-order valence-corrected chi connectivity index (χ3v) is 11.0. The van der Waals surface area contributed by atoms with Gasteiger partial charge in [-0.15, -0.1) is 0 Å². The number of likely N-dealkylation sites (tertiary alicyclic amines) is 2. The summed E-state index contributed by atoms with van der Waals surface area (Å²) in [6.07, 6.45) is 1.12. The highest BCUT2D eigenvalue weighted by molar-refractivity contribution is 5.95. The van der Waals surface area contributed by atoms with E-state index in [-0.39, 0.29) is 48.8 Å². The summed E-state index contributed by atoms with van der Waals surface area (Å²) in [5.74, 6) is -2.25. The first-order valence-corrected chi connectivity index (χ1v) is 21.3. The van der Waals surface area contributed by atoms with E-state index in [1.807, 2.05) is 24.8 Å². The molecule has 2 heterocycles. The Hall–Kier alpha value is -5.67. The Kier molecular flexibility index (Phi) is 17.5. The zero-order valence-corrected chi connectivity index (χ0v) is 36.5. The van der Waals surface area contributed by atoms with Gasteiger partial charge in [0.25, 0.3) is 0 Å². The minimum absolute atomic E-state index is 0.000438. The van der Waals surface area contributed by atoms with Gasteiger partial charge in [-0.1, -0.05) is 74.5 Å². The van der Waals surface area contributed by atoms with Gasteiger partial charge in [-0.25, -0.2) is 9.59 Å². The minimum atomic E-state index is -1.40. The predicted molar refractivity (Wildman–Crippen MR) is 229 cm³/mol. The molecule has 0 bridgehead atoms. The van der Waals surface area contributed by atoms with Gasteiger partial charge < -0.3 is 46.2 Å². The molecule has 6 N–H and O–H groups in total. The Morgan fingerprint density at radius 2 is 1.20 bits per heavy atom. The number of benzene rings is 2. The maximum Gasteiger partial charge on any atom is 0.407 e. The number of alkyl carbamates (subject to hydrolysis) is 1. The van der Waals surface area contributed by atoms with Gasteiger partial charge in [-0.3, -0.25) is 24.0 Å². The van der Waals surface area contributed by atoms with Gasteiger partial charge in [0, 0.05) is 57.9 Å². The van der Waals surface area contributed by atoms with Crippen LogP contribution in [0.25, 0.3) is 0 Å². The van der Waals surface area contributed by atoms with Gasteiger partial charge in [0.2, 0.25) is 29.5 Å². The standard InChI is InChI=1S/C45H65N7O9/c1-30(2)25-35(48-39(55)36(26-32-15-9-7-10-16-32)49-40(56)37(50-42(58)59)27-33-17-11-8-12-18-33)38(54)47-34(19-13-14-22-46-43(60)61-44(4,5)6)41(57)52-24-21-45(29-52)20-23-51(28-45)31(3)53/h7-12,15-18,30,34-37,50H,13-14,19-29H2,1-6H3,(H,46,60)(H,47,54)(H,48,55)(H,49,56)(H,58,59). The van der Waals surface area contributed by atoms with Crippen LogP contribution in [0.4, 0.5) is 9.59 Å². The quantitative estimate of drug-likeness (QED) is 0.113. The highest BCUT2D eigenvalue weighted by Gasteiger charge is 2.46. The van der Waals surface area contributed by atoms with Crippen molar-refractivity contribution in [3.63, 3.8) is 0 Å². The number of rotatable bonds is 19. The van der Waals surface area contributed by atoms with Crippen molar-refractivity contribution in [1.29, 1.82) is 0 Å². The van der Waals surface area contributed by atoms with E-state index in [4.69, 9.17) is 4.74 Å². The molecule has 7 amide bonds. The smallest absolute Gasteiger partial charge is 0.407 e. The van der Waals surface area contributed by atoms with Crippen molar-refractivity contribution in [3.8, 4) is 0 Å². The van der Waals surface area contributed by atoms with E-state index in [2.05, 4.69) is 26.6 Å². The second kappa shape index (κ2) is 22.3. The molecule has 4 rings (SSSR count). The first kappa shape index (κ1) is 48.0. The minimum Gasteiger partial charge on any atom is -0.465 e. The van der Waals surface area contributed by atoms with Crippen molar-refractivity contribution >= 4 is 41.7 Å². The van der Waals surface area contributed by atoms with Crippen LogP contribution in [0, 0.1) is 11.3 Å². The molecule has 2 aromatic carbocycles. The molecular weight excluding hydrogens is 783 g/mol. The lowest BCUT2D eigenvalue weighted by Crippen LogP contribution is -2.59. The first-order valence-electron chi connectivity index (χ1n) is 21.3.